The van der Waals surface area contributed by atoms with Crippen LogP contribution in [0.2, 0.25) is 0 Å². The summed E-state index contributed by atoms with van der Waals surface area (Å²) in [6.07, 6.45) is 1.87. The van der Waals surface area contributed by atoms with Gasteiger partial charge in [-0.3, -0.25) is 4.79 Å². The molecule has 0 radical (unpaired) electrons. The van der Waals surface area contributed by atoms with E-state index in [1.807, 2.05) is 94.9 Å². The summed E-state index contributed by atoms with van der Waals surface area (Å²) in [6, 6.07) is 23.4. The van der Waals surface area contributed by atoms with Crippen LogP contribution in [0.4, 0.5) is 5.69 Å². The zero-order valence-corrected chi connectivity index (χ0v) is 15.1. The lowest BCUT2D eigenvalue weighted by Crippen LogP contribution is -2.30. The van der Waals surface area contributed by atoms with Gasteiger partial charge >= 0.3 is 5.91 Å². The molecule has 26 heavy (non-hydrogen) atoms. The van der Waals surface area contributed by atoms with E-state index in [9.17, 15) is 4.79 Å². The minimum Gasteiger partial charge on any atom is -0.319 e. The van der Waals surface area contributed by atoms with Gasteiger partial charge in [0.2, 0.25) is 5.03 Å². The van der Waals surface area contributed by atoms with Gasteiger partial charge in [0.05, 0.1) is 6.20 Å². The first kappa shape index (κ1) is 16.4. The van der Waals surface area contributed by atoms with E-state index in [0.29, 0.717) is 10.7 Å². The molecule has 4 aromatic rings. The third-order valence-corrected chi connectivity index (χ3v) is 4.68. The fraction of sp³-hybridized carbons (Fsp3) is 0.0476. The molecule has 0 bridgehead atoms. The normalized spacial score (nSPS) is 10.8. The number of carbonyl (C=O) groups is 1. The second-order valence-electron chi connectivity index (χ2n) is 6.09. The molecule has 0 unspecified atom stereocenters. The van der Waals surface area contributed by atoms with Crippen molar-refractivity contribution in [2.45, 2.75) is 11.9 Å². The highest BCUT2D eigenvalue weighted by atomic mass is 32.1. The van der Waals surface area contributed by atoms with E-state index in [4.69, 9.17) is 0 Å². The standard InChI is InChI=1S/C21H17N3OS/c1-15-10-12-16(13-11-15)22-20(25)19-21(26)24(17-7-3-2-4-8-17)18-9-5-6-14-23(18)19/h2-14H,1H3,(H-,22,25,26)/p+1. The fourth-order valence-corrected chi connectivity index (χ4v) is 3.42. The summed E-state index contributed by atoms with van der Waals surface area (Å²) in [6.45, 7) is 2.01. The Kier molecular flexibility index (Phi) is 4.22. The van der Waals surface area contributed by atoms with Crippen LogP contribution in [-0.2, 0) is 0 Å². The third-order valence-electron chi connectivity index (χ3n) is 4.27. The van der Waals surface area contributed by atoms with Crippen molar-refractivity contribution in [2.24, 2.45) is 0 Å². The maximum atomic E-state index is 13.0. The molecule has 0 spiro atoms. The highest BCUT2D eigenvalue weighted by molar-refractivity contribution is 7.80. The molecule has 0 atom stereocenters. The molecule has 1 N–H and O–H groups in total. The molecule has 2 aromatic carbocycles. The van der Waals surface area contributed by atoms with Gasteiger partial charge in [0.25, 0.3) is 11.3 Å². The monoisotopic (exact) mass is 360 g/mol. The van der Waals surface area contributed by atoms with Crippen molar-refractivity contribution in [2.75, 3.05) is 5.32 Å². The first-order valence-electron chi connectivity index (χ1n) is 8.32. The van der Waals surface area contributed by atoms with Gasteiger partial charge in [0, 0.05) is 11.8 Å². The van der Waals surface area contributed by atoms with Crippen LogP contribution in [0.25, 0.3) is 11.3 Å². The molecule has 0 aliphatic rings. The predicted octanol–water partition coefficient (Wildman–Crippen LogP) is 4.07. The minimum atomic E-state index is -0.199. The second-order valence-corrected chi connectivity index (χ2v) is 6.52. The number of hydrogen-bond acceptors (Lipinski definition) is 2. The van der Waals surface area contributed by atoms with Crippen LogP contribution < -0.4 is 9.72 Å². The van der Waals surface area contributed by atoms with Crippen LogP contribution in [-0.4, -0.2) is 10.5 Å². The number of thiol groups is 1. The summed E-state index contributed by atoms with van der Waals surface area (Å²) in [7, 11) is 0. The third kappa shape index (κ3) is 2.86. The van der Waals surface area contributed by atoms with Crippen LogP contribution >= 0.6 is 12.6 Å². The Hall–Kier alpha value is -3.05. The Morgan fingerprint density at radius 2 is 1.65 bits per heavy atom. The van der Waals surface area contributed by atoms with Gasteiger partial charge < -0.3 is 5.32 Å². The summed E-state index contributed by atoms with van der Waals surface area (Å²) in [5.74, 6) is -0.199. The van der Waals surface area contributed by atoms with Gasteiger partial charge in [-0.2, -0.15) is 8.97 Å². The van der Waals surface area contributed by atoms with Gasteiger partial charge in [-0.1, -0.05) is 54.6 Å². The second kappa shape index (κ2) is 6.69. The van der Waals surface area contributed by atoms with Crippen molar-refractivity contribution in [3.8, 4) is 5.69 Å². The number of benzene rings is 2. The lowest BCUT2D eigenvalue weighted by atomic mass is 10.2. The summed E-state index contributed by atoms with van der Waals surface area (Å²) in [4.78, 5) is 13.0. The molecule has 0 saturated carbocycles. The van der Waals surface area contributed by atoms with Crippen LogP contribution in [0.1, 0.15) is 16.1 Å². The molecule has 4 nitrogen and oxygen atoms in total. The molecular weight excluding hydrogens is 342 g/mol. The zero-order valence-electron chi connectivity index (χ0n) is 14.3. The fourth-order valence-electron chi connectivity index (χ4n) is 3.00. The van der Waals surface area contributed by atoms with Gasteiger partial charge in [-0.15, -0.1) is 0 Å². The largest absolute Gasteiger partial charge is 0.319 e. The highest BCUT2D eigenvalue weighted by Crippen LogP contribution is 2.22. The number of para-hydroxylation sites is 1. The van der Waals surface area contributed by atoms with E-state index in [1.165, 1.54) is 0 Å². The molecule has 5 heteroatoms. The van der Waals surface area contributed by atoms with E-state index in [1.54, 1.807) is 0 Å². The number of nitrogens with one attached hydrogen (secondary N) is 1. The van der Waals surface area contributed by atoms with E-state index in [2.05, 4.69) is 17.9 Å². The van der Waals surface area contributed by atoms with Crippen molar-refractivity contribution >= 4 is 29.9 Å². The van der Waals surface area contributed by atoms with Crippen LogP contribution in [0.3, 0.4) is 0 Å². The SMILES string of the molecule is Cc1ccc(NC(=O)c2c(S)n(-c3ccccc3)c3cccc[n+]23)cc1. The summed E-state index contributed by atoms with van der Waals surface area (Å²) < 4.78 is 3.83. The summed E-state index contributed by atoms with van der Waals surface area (Å²) in [5, 5.41) is 3.55. The molecule has 2 heterocycles. The number of imidazole rings is 1. The number of fused-ring (bicyclic) bond motifs is 1. The van der Waals surface area contributed by atoms with Crippen LogP contribution in [0, 0.1) is 6.92 Å². The summed E-state index contributed by atoms with van der Waals surface area (Å²) >= 11 is 4.68. The Morgan fingerprint density at radius 3 is 2.38 bits per heavy atom. The van der Waals surface area contributed by atoms with Crippen molar-refractivity contribution in [3.63, 3.8) is 0 Å². The smallest absolute Gasteiger partial charge is 0.301 e. The number of carbonyl (C=O) groups excluding carboxylic acids is 1. The van der Waals surface area contributed by atoms with E-state index >= 15 is 0 Å². The molecule has 0 aliphatic heterocycles. The number of rotatable bonds is 3. The topological polar surface area (TPSA) is 38.1 Å². The number of amides is 1. The first-order chi connectivity index (χ1) is 12.6. The van der Waals surface area contributed by atoms with E-state index in [-0.39, 0.29) is 5.91 Å². The maximum Gasteiger partial charge on any atom is 0.301 e. The molecule has 0 fully saturated rings. The van der Waals surface area contributed by atoms with Gasteiger partial charge in [0.1, 0.15) is 5.69 Å². The molecule has 0 saturated heterocycles. The molecule has 4 rings (SSSR count). The van der Waals surface area contributed by atoms with Crippen molar-refractivity contribution < 1.29 is 9.20 Å². The first-order valence-corrected chi connectivity index (χ1v) is 8.77. The van der Waals surface area contributed by atoms with E-state index < -0.39 is 0 Å². The number of aryl methyl sites for hydroxylation is 1. The number of hydrogen-bond donors (Lipinski definition) is 2. The van der Waals surface area contributed by atoms with Crippen molar-refractivity contribution in [1.29, 1.82) is 0 Å². The van der Waals surface area contributed by atoms with Crippen LogP contribution in [0.15, 0.2) is 84.0 Å². The van der Waals surface area contributed by atoms with Gasteiger partial charge in [-0.25, -0.2) is 0 Å². The molecule has 128 valence electrons. The molecule has 1 amide bonds. The predicted molar refractivity (Wildman–Crippen MR) is 105 cm³/mol. The highest BCUT2D eigenvalue weighted by Gasteiger charge is 2.29. The van der Waals surface area contributed by atoms with Crippen molar-refractivity contribution in [1.82, 2.24) is 4.57 Å². The van der Waals surface area contributed by atoms with Crippen molar-refractivity contribution in [3.05, 3.63) is 90.3 Å². The van der Waals surface area contributed by atoms with E-state index in [0.717, 1.165) is 22.6 Å². The lowest BCUT2D eigenvalue weighted by Gasteiger charge is -2.03. The lowest BCUT2D eigenvalue weighted by molar-refractivity contribution is -0.514. The molecule has 2 aromatic heterocycles. The number of anilines is 1. The maximum absolute atomic E-state index is 13.0. The Labute approximate surface area is 157 Å². The molecule has 0 aliphatic carbocycles. The Balaban J connectivity index is 1.84. The quantitative estimate of drug-likeness (QED) is 0.420. The number of nitrogens with zero attached hydrogens (tertiary/aromatic N) is 2. The molecular formula is C21H18N3OS+. The minimum absolute atomic E-state index is 0.199. The average Bonchev–Trinajstić information content (AvgIpc) is 2.96. The van der Waals surface area contributed by atoms with Crippen LogP contribution in [0.5, 0.6) is 0 Å². The number of aromatic nitrogens is 2. The zero-order chi connectivity index (χ0) is 18.1. The number of pyridine rings is 1. The van der Waals surface area contributed by atoms with Gasteiger partial charge in [0.15, 0.2) is 0 Å². The Bertz CT molecular complexity index is 1090. The summed E-state index contributed by atoms with van der Waals surface area (Å²) in [5.41, 5.74) is 4.22. The van der Waals surface area contributed by atoms with Gasteiger partial charge in [-0.05, 0) is 37.3 Å². The average molecular weight is 360 g/mol. The Morgan fingerprint density at radius 1 is 0.962 bits per heavy atom.